The first kappa shape index (κ1) is 15.5. The van der Waals surface area contributed by atoms with Gasteiger partial charge in [-0.25, -0.2) is 0 Å². The van der Waals surface area contributed by atoms with E-state index >= 15 is 0 Å². The molecule has 1 saturated heterocycles. The maximum atomic E-state index is 5.34. The summed E-state index contributed by atoms with van der Waals surface area (Å²) < 4.78 is 10.4. The second kappa shape index (κ2) is 8.38. The van der Waals surface area contributed by atoms with E-state index in [4.69, 9.17) is 9.47 Å². The van der Waals surface area contributed by atoms with Crippen LogP contribution in [0.25, 0.3) is 0 Å². The van der Waals surface area contributed by atoms with Crippen molar-refractivity contribution >= 4 is 11.9 Å². The topological polar surface area (TPSA) is 85.6 Å². The summed E-state index contributed by atoms with van der Waals surface area (Å²) in [6.45, 7) is 9.81. The van der Waals surface area contributed by atoms with Crippen LogP contribution in [0.5, 0.6) is 6.01 Å². The Morgan fingerprint density at radius 3 is 2.62 bits per heavy atom. The van der Waals surface area contributed by atoms with Crippen molar-refractivity contribution in [1.29, 1.82) is 0 Å². The first-order valence-corrected chi connectivity index (χ1v) is 7.12. The summed E-state index contributed by atoms with van der Waals surface area (Å²) in [7, 11) is 1.54. The molecule has 1 aromatic rings. The van der Waals surface area contributed by atoms with Gasteiger partial charge in [-0.05, 0) is 0 Å². The predicted octanol–water partition coefficient (Wildman–Crippen LogP) is -1.19. The number of hydrogen-bond acceptors (Lipinski definition) is 7. The van der Waals surface area contributed by atoms with Gasteiger partial charge >= 0.3 is 6.01 Å². The Bertz CT molecular complexity index is 450. The zero-order valence-corrected chi connectivity index (χ0v) is 12.4. The van der Waals surface area contributed by atoms with E-state index in [0.29, 0.717) is 18.4 Å². The molecule has 1 fully saturated rings. The molecule has 0 aromatic carbocycles. The van der Waals surface area contributed by atoms with Crippen LogP contribution in [0.1, 0.15) is 0 Å². The summed E-state index contributed by atoms with van der Waals surface area (Å²) in [6.07, 6.45) is 1.74. The molecule has 2 heterocycles. The van der Waals surface area contributed by atoms with Gasteiger partial charge < -0.3 is 25.0 Å². The van der Waals surface area contributed by atoms with Crippen LogP contribution in [0.4, 0.5) is 11.9 Å². The molecule has 0 aliphatic carbocycles. The molecule has 1 aromatic heterocycles. The van der Waals surface area contributed by atoms with Crippen LogP contribution >= 0.6 is 0 Å². The van der Waals surface area contributed by atoms with E-state index in [1.165, 1.54) is 12.0 Å². The summed E-state index contributed by atoms with van der Waals surface area (Å²) in [4.78, 5) is 14.1. The normalized spacial score (nSPS) is 15.5. The number of hydrogen-bond donors (Lipinski definition) is 3. The quantitative estimate of drug-likeness (QED) is 0.520. The fourth-order valence-corrected chi connectivity index (χ4v) is 2.03. The Balaban J connectivity index is 1.86. The van der Waals surface area contributed by atoms with Gasteiger partial charge in [-0.15, -0.1) is 6.58 Å². The van der Waals surface area contributed by atoms with Crippen LogP contribution in [0.2, 0.25) is 0 Å². The van der Waals surface area contributed by atoms with Crippen LogP contribution in [0, 0.1) is 0 Å². The maximum Gasteiger partial charge on any atom is 0.322 e. The monoisotopic (exact) mass is 295 g/mol. The second-order valence-corrected chi connectivity index (χ2v) is 4.68. The number of aromatic nitrogens is 3. The highest BCUT2D eigenvalue weighted by atomic mass is 16.5. The first-order valence-electron chi connectivity index (χ1n) is 7.12. The van der Waals surface area contributed by atoms with Crippen molar-refractivity contribution in [2.24, 2.45) is 0 Å². The molecule has 0 atom stereocenters. The highest BCUT2D eigenvalue weighted by Crippen LogP contribution is 2.10. The molecule has 1 aliphatic heterocycles. The number of quaternary nitrogens is 1. The van der Waals surface area contributed by atoms with Crippen LogP contribution in [-0.2, 0) is 4.74 Å². The molecule has 21 heavy (non-hydrogen) atoms. The molecule has 8 heteroatoms. The van der Waals surface area contributed by atoms with Crippen LogP contribution < -0.4 is 20.3 Å². The van der Waals surface area contributed by atoms with Crippen LogP contribution in [0.15, 0.2) is 12.7 Å². The van der Waals surface area contributed by atoms with Crippen molar-refractivity contribution in [3.8, 4) is 6.01 Å². The molecular formula is C13H23N6O2+. The van der Waals surface area contributed by atoms with Crippen molar-refractivity contribution in [2.45, 2.75) is 0 Å². The number of morpholine rings is 1. The molecular weight excluding hydrogens is 272 g/mol. The largest absolute Gasteiger partial charge is 0.467 e. The Kier molecular flexibility index (Phi) is 6.17. The fourth-order valence-electron chi connectivity index (χ4n) is 2.03. The standard InChI is InChI=1S/C13H22N6O2/c1-3-4-14-11-16-12(18-13(17-11)20-2)15-5-6-19-7-9-21-10-8-19/h3H,1,4-10H2,2H3,(H2,14,15,16,17,18)/p+1. The van der Waals surface area contributed by atoms with Gasteiger partial charge in [0.2, 0.25) is 11.9 Å². The van der Waals surface area contributed by atoms with Crippen molar-refractivity contribution in [1.82, 2.24) is 15.0 Å². The molecule has 1 aliphatic rings. The van der Waals surface area contributed by atoms with Gasteiger partial charge in [0, 0.05) is 6.54 Å². The van der Waals surface area contributed by atoms with E-state index in [1.54, 1.807) is 6.08 Å². The molecule has 2 rings (SSSR count). The second-order valence-electron chi connectivity index (χ2n) is 4.68. The minimum Gasteiger partial charge on any atom is -0.467 e. The van der Waals surface area contributed by atoms with Gasteiger partial charge in [0.05, 0.1) is 33.4 Å². The smallest absolute Gasteiger partial charge is 0.322 e. The van der Waals surface area contributed by atoms with E-state index in [1.807, 2.05) is 0 Å². The zero-order valence-electron chi connectivity index (χ0n) is 12.4. The van der Waals surface area contributed by atoms with Crippen LogP contribution in [-0.4, -0.2) is 68.0 Å². The summed E-state index contributed by atoms with van der Waals surface area (Å²) in [5.41, 5.74) is 0. The lowest BCUT2D eigenvalue weighted by molar-refractivity contribution is -0.906. The van der Waals surface area contributed by atoms with Gasteiger partial charge in [-0.2, -0.15) is 15.0 Å². The molecule has 0 amide bonds. The van der Waals surface area contributed by atoms with Crippen molar-refractivity contribution in [3.05, 3.63) is 12.7 Å². The summed E-state index contributed by atoms with van der Waals surface area (Å²) >= 11 is 0. The third-order valence-electron chi connectivity index (χ3n) is 3.16. The molecule has 0 radical (unpaired) electrons. The number of anilines is 2. The van der Waals surface area contributed by atoms with E-state index in [0.717, 1.165) is 39.4 Å². The van der Waals surface area contributed by atoms with Crippen LogP contribution in [0.3, 0.4) is 0 Å². The van der Waals surface area contributed by atoms with Crippen molar-refractivity contribution < 1.29 is 14.4 Å². The van der Waals surface area contributed by atoms with E-state index in [2.05, 4.69) is 32.2 Å². The lowest BCUT2D eigenvalue weighted by Crippen LogP contribution is -3.14. The van der Waals surface area contributed by atoms with Crippen molar-refractivity contribution in [3.63, 3.8) is 0 Å². The molecule has 0 unspecified atom stereocenters. The molecule has 0 bridgehead atoms. The summed E-state index contributed by atoms with van der Waals surface area (Å²) in [5, 5.41) is 6.24. The van der Waals surface area contributed by atoms with Crippen molar-refractivity contribution in [2.75, 3.05) is 63.7 Å². The maximum absolute atomic E-state index is 5.34. The summed E-state index contributed by atoms with van der Waals surface area (Å²) in [5.74, 6) is 0.990. The average Bonchev–Trinajstić information content (AvgIpc) is 2.53. The number of ether oxygens (including phenoxy) is 2. The Hall–Kier alpha value is -1.93. The molecule has 0 saturated carbocycles. The summed E-state index contributed by atoms with van der Waals surface area (Å²) in [6, 6.07) is 0.290. The van der Waals surface area contributed by atoms with Gasteiger partial charge in [0.25, 0.3) is 0 Å². The van der Waals surface area contributed by atoms with E-state index in [9.17, 15) is 0 Å². The molecule has 8 nitrogen and oxygen atoms in total. The third kappa shape index (κ3) is 5.16. The predicted molar refractivity (Wildman–Crippen MR) is 79.9 cm³/mol. The number of nitrogens with zero attached hydrogens (tertiary/aromatic N) is 3. The highest BCUT2D eigenvalue weighted by molar-refractivity contribution is 5.36. The average molecular weight is 295 g/mol. The Morgan fingerprint density at radius 1 is 1.24 bits per heavy atom. The Labute approximate surface area is 124 Å². The molecule has 116 valence electrons. The Morgan fingerprint density at radius 2 is 1.95 bits per heavy atom. The minimum atomic E-state index is 0.290. The highest BCUT2D eigenvalue weighted by Gasteiger charge is 2.13. The molecule has 3 N–H and O–H groups in total. The lowest BCUT2D eigenvalue weighted by Gasteiger charge is -2.23. The van der Waals surface area contributed by atoms with Gasteiger partial charge in [-0.3, -0.25) is 0 Å². The lowest BCUT2D eigenvalue weighted by atomic mass is 10.4. The zero-order chi connectivity index (χ0) is 14.9. The SMILES string of the molecule is C=CCNc1nc(NCC[NH+]2CCOCC2)nc(OC)n1. The number of rotatable bonds is 8. The number of nitrogens with one attached hydrogen (secondary N) is 3. The molecule has 0 spiro atoms. The van der Waals surface area contributed by atoms with E-state index < -0.39 is 0 Å². The van der Waals surface area contributed by atoms with Gasteiger partial charge in [-0.1, -0.05) is 6.08 Å². The number of methoxy groups -OCH3 is 1. The van der Waals surface area contributed by atoms with Gasteiger partial charge in [0.15, 0.2) is 0 Å². The fraction of sp³-hybridized carbons (Fsp3) is 0.615. The van der Waals surface area contributed by atoms with E-state index in [-0.39, 0.29) is 6.01 Å². The first-order chi connectivity index (χ1) is 10.3. The third-order valence-corrected chi connectivity index (χ3v) is 3.16. The van der Waals surface area contributed by atoms with Gasteiger partial charge in [0.1, 0.15) is 13.1 Å². The minimum absolute atomic E-state index is 0.290.